The van der Waals surface area contributed by atoms with Crippen molar-refractivity contribution in [2.75, 3.05) is 0 Å². The first-order valence-corrected chi connectivity index (χ1v) is 9.75. The molecule has 2 aliphatic rings. The van der Waals surface area contributed by atoms with E-state index in [0.29, 0.717) is 0 Å². The van der Waals surface area contributed by atoms with Gasteiger partial charge in [-0.2, -0.15) is 21.0 Å². The summed E-state index contributed by atoms with van der Waals surface area (Å²) in [5.74, 6) is -0.586. The zero-order chi connectivity index (χ0) is 14.5. The topological polar surface area (TPSA) is 95.2 Å². The van der Waals surface area contributed by atoms with Crippen LogP contribution in [-0.4, -0.2) is 8.07 Å². The Kier molecular flexibility index (Phi) is 2.60. The summed E-state index contributed by atoms with van der Waals surface area (Å²) < 4.78 is 0. The van der Waals surface area contributed by atoms with Gasteiger partial charge in [0.05, 0.1) is 24.3 Å². The van der Waals surface area contributed by atoms with E-state index >= 15 is 0 Å². The third-order valence-electron chi connectivity index (χ3n) is 4.63. The number of allylic oxidation sites excluding steroid dienone is 2. The maximum absolute atomic E-state index is 9.53. The van der Waals surface area contributed by atoms with Crippen molar-refractivity contribution in [3.05, 3.63) is 12.2 Å². The van der Waals surface area contributed by atoms with Crippen molar-refractivity contribution in [3.63, 3.8) is 0 Å². The molecule has 0 aromatic rings. The Morgan fingerprint density at radius 1 is 0.789 bits per heavy atom. The third-order valence-corrected chi connectivity index (χ3v) is 7.35. The lowest BCUT2D eigenvalue weighted by atomic mass is 9.61. The highest BCUT2D eigenvalue weighted by atomic mass is 28.3. The number of hydrogen-bond donors (Lipinski definition) is 0. The molecule has 1 fully saturated rings. The molecule has 5 heteroatoms. The van der Waals surface area contributed by atoms with Crippen LogP contribution in [0.2, 0.25) is 25.2 Å². The Balaban J connectivity index is 2.77. The first kappa shape index (κ1) is 13.4. The summed E-state index contributed by atoms with van der Waals surface area (Å²) in [5, 5.41) is 38.1. The normalized spacial score (nSPS) is 32.9. The van der Waals surface area contributed by atoms with Crippen LogP contribution in [0.4, 0.5) is 0 Å². The smallest absolute Gasteiger partial charge is 0.182 e. The first-order chi connectivity index (χ1) is 8.84. The van der Waals surface area contributed by atoms with Crippen molar-refractivity contribution in [2.24, 2.45) is 22.7 Å². The van der Waals surface area contributed by atoms with E-state index in [4.69, 9.17) is 0 Å². The van der Waals surface area contributed by atoms with Crippen molar-refractivity contribution < 1.29 is 0 Å². The SMILES string of the molecule is C[Si](C)(C)C1C2C=CC1C(C#N)(C#N)C2(C#N)C#N. The van der Waals surface area contributed by atoms with Crippen LogP contribution in [0.1, 0.15) is 0 Å². The molecular formula is C14H14N4Si. The molecule has 2 rings (SSSR count). The predicted octanol–water partition coefficient (Wildman–Crippen LogP) is 2.58. The second-order valence-electron chi connectivity index (χ2n) is 6.39. The standard InChI is InChI=1S/C14H14N4Si/c1-19(2,3)12-10-4-5-11(12)14(8-17,9-18)13(10,6-15)7-16/h4-5,10-12H,1-3H3. The van der Waals surface area contributed by atoms with Crippen LogP contribution in [0, 0.1) is 68.0 Å². The van der Waals surface area contributed by atoms with E-state index in [1.165, 1.54) is 0 Å². The van der Waals surface area contributed by atoms with Gasteiger partial charge in [0.15, 0.2) is 10.8 Å². The number of nitriles is 4. The van der Waals surface area contributed by atoms with Gasteiger partial charge in [-0.05, 0) is 5.54 Å². The largest absolute Gasteiger partial charge is 0.196 e. The Morgan fingerprint density at radius 3 is 1.32 bits per heavy atom. The first-order valence-electron chi connectivity index (χ1n) is 6.18. The monoisotopic (exact) mass is 266 g/mol. The van der Waals surface area contributed by atoms with Crippen molar-refractivity contribution >= 4 is 8.07 Å². The van der Waals surface area contributed by atoms with Crippen molar-refractivity contribution in [3.8, 4) is 24.3 Å². The van der Waals surface area contributed by atoms with Crippen molar-refractivity contribution in [1.29, 1.82) is 21.0 Å². The van der Waals surface area contributed by atoms with Crippen LogP contribution in [-0.2, 0) is 0 Å². The van der Waals surface area contributed by atoms with Crippen LogP contribution < -0.4 is 0 Å². The summed E-state index contributed by atoms with van der Waals surface area (Å²) in [5.41, 5.74) is -2.95. The third kappa shape index (κ3) is 1.24. The predicted molar refractivity (Wildman–Crippen MR) is 70.5 cm³/mol. The summed E-state index contributed by atoms with van der Waals surface area (Å²) in [7, 11) is -1.70. The van der Waals surface area contributed by atoms with Gasteiger partial charge in [-0.1, -0.05) is 31.8 Å². The fourth-order valence-electron chi connectivity index (χ4n) is 3.83. The van der Waals surface area contributed by atoms with Gasteiger partial charge in [0, 0.05) is 19.9 Å². The van der Waals surface area contributed by atoms with Gasteiger partial charge in [0.1, 0.15) is 0 Å². The average Bonchev–Trinajstić information content (AvgIpc) is 2.91. The molecule has 0 amide bonds. The highest BCUT2D eigenvalue weighted by molar-refractivity contribution is 6.77. The Morgan fingerprint density at radius 2 is 1.11 bits per heavy atom. The lowest BCUT2D eigenvalue weighted by Gasteiger charge is -2.31. The zero-order valence-electron chi connectivity index (χ0n) is 11.2. The summed E-state index contributed by atoms with van der Waals surface area (Å²) in [6.07, 6.45) is 3.76. The molecular weight excluding hydrogens is 252 g/mol. The van der Waals surface area contributed by atoms with E-state index in [1.54, 1.807) is 0 Å². The van der Waals surface area contributed by atoms with E-state index in [1.807, 2.05) is 36.4 Å². The minimum Gasteiger partial charge on any atom is -0.196 e. The summed E-state index contributed by atoms with van der Waals surface area (Å²) in [6, 6.07) is 8.07. The highest BCUT2D eigenvalue weighted by Gasteiger charge is 2.74. The van der Waals surface area contributed by atoms with Crippen LogP contribution in [0.15, 0.2) is 12.2 Å². The van der Waals surface area contributed by atoms with Gasteiger partial charge < -0.3 is 0 Å². The van der Waals surface area contributed by atoms with Crippen LogP contribution in [0.5, 0.6) is 0 Å². The molecule has 2 aliphatic carbocycles. The molecule has 1 saturated carbocycles. The molecule has 94 valence electrons. The molecule has 2 unspecified atom stereocenters. The lowest BCUT2D eigenvalue weighted by Crippen LogP contribution is -2.41. The molecule has 19 heavy (non-hydrogen) atoms. The molecule has 0 aromatic heterocycles. The van der Waals surface area contributed by atoms with Gasteiger partial charge in [-0.25, -0.2) is 0 Å². The molecule has 0 aromatic carbocycles. The molecule has 4 nitrogen and oxygen atoms in total. The maximum atomic E-state index is 9.53. The van der Waals surface area contributed by atoms with Crippen LogP contribution in [0.25, 0.3) is 0 Å². The molecule has 0 aliphatic heterocycles. The molecule has 0 heterocycles. The van der Waals surface area contributed by atoms with E-state index in [0.717, 1.165) is 0 Å². The second-order valence-corrected chi connectivity index (χ2v) is 11.8. The average molecular weight is 266 g/mol. The number of fused-ring (bicyclic) bond motifs is 2. The summed E-state index contributed by atoms with van der Waals surface area (Å²) >= 11 is 0. The zero-order valence-corrected chi connectivity index (χ0v) is 12.2. The van der Waals surface area contributed by atoms with Crippen LogP contribution in [0.3, 0.4) is 0 Å². The van der Waals surface area contributed by atoms with Gasteiger partial charge in [0.25, 0.3) is 0 Å². The molecule has 0 spiro atoms. The minimum atomic E-state index is -1.70. The van der Waals surface area contributed by atoms with Crippen molar-refractivity contribution in [1.82, 2.24) is 0 Å². The Labute approximate surface area is 114 Å². The maximum Gasteiger partial charge on any atom is 0.182 e. The van der Waals surface area contributed by atoms with Gasteiger partial charge >= 0.3 is 0 Å². The lowest BCUT2D eigenvalue weighted by molar-refractivity contribution is 0.276. The van der Waals surface area contributed by atoms with E-state index < -0.39 is 18.9 Å². The quantitative estimate of drug-likeness (QED) is 0.538. The second kappa shape index (κ2) is 3.71. The summed E-state index contributed by atoms with van der Waals surface area (Å²) in [6.45, 7) is 6.49. The fourth-order valence-corrected chi connectivity index (χ4v) is 6.71. The van der Waals surface area contributed by atoms with Crippen LogP contribution >= 0.6 is 0 Å². The minimum absolute atomic E-state index is 0.103. The van der Waals surface area contributed by atoms with Crippen molar-refractivity contribution in [2.45, 2.75) is 25.2 Å². The van der Waals surface area contributed by atoms with Gasteiger partial charge in [0.2, 0.25) is 0 Å². The molecule has 0 saturated heterocycles. The number of rotatable bonds is 1. The Bertz CT molecular complexity index is 538. The fraction of sp³-hybridized carbons (Fsp3) is 0.571. The van der Waals surface area contributed by atoms with E-state index in [2.05, 4.69) is 19.6 Å². The van der Waals surface area contributed by atoms with Gasteiger partial charge in [-0.3, -0.25) is 0 Å². The van der Waals surface area contributed by atoms with Gasteiger partial charge in [-0.15, -0.1) is 0 Å². The summed E-state index contributed by atoms with van der Waals surface area (Å²) in [4.78, 5) is 0. The molecule has 2 atom stereocenters. The number of hydrogen-bond acceptors (Lipinski definition) is 4. The highest BCUT2D eigenvalue weighted by Crippen LogP contribution is 2.70. The van der Waals surface area contributed by atoms with E-state index in [9.17, 15) is 21.0 Å². The molecule has 0 N–H and O–H groups in total. The number of nitrogens with zero attached hydrogens (tertiary/aromatic N) is 4. The molecule has 0 radical (unpaired) electrons. The Hall–Kier alpha value is -2.08. The molecule has 2 bridgehead atoms. The van der Waals surface area contributed by atoms with E-state index in [-0.39, 0.29) is 17.4 Å².